The number of rotatable bonds is 4. The standard InChI is InChI=1S/C21H17FN2O2/c22-16-8-2-4-10-18(16)24-20(14-7-5-11-19(25)21(14)26)15-12-23-17-9-3-1-6-13(15)17/h1-12,20,23-26H. The highest BCUT2D eigenvalue weighted by Crippen LogP contribution is 2.39. The third-order valence-corrected chi connectivity index (χ3v) is 4.46. The lowest BCUT2D eigenvalue weighted by Gasteiger charge is -2.22. The van der Waals surface area contributed by atoms with Gasteiger partial charge in [0.15, 0.2) is 11.5 Å². The van der Waals surface area contributed by atoms with Crippen LogP contribution in [0.2, 0.25) is 0 Å². The molecule has 1 atom stereocenters. The lowest BCUT2D eigenvalue weighted by atomic mass is 9.96. The van der Waals surface area contributed by atoms with Crippen LogP contribution >= 0.6 is 0 Å². The molecule has 4 nitrogen and oxygen atoms in total. The molecule has 5 heteroatoms. The number of fused-ring (bicyclic) bond motifs is 1. The number of halogens is 1. The van der Waals surface area contributed by atoms with E-state index in [1.165, 1.54) is 12.1 Å². The fraction of sp³-hybridized carbons (Fsp3) is 0.0476. The van der Waals surface area contributed by atoms with Gasteiger partial charge in [0, 0.05) is 28.2 Å². The first-order valence-electron chi connectivity index (χ1n) is 8.23. The summed E-state index contributed by atoms with van der Waals surface area (Å²) in [6.07, 6.45) is 1.83. The van der Waals surface area contributed by atoms with E-state index in [0.29, 0.717) is 11.3 Å². The smallest absolute Gasteiger partial charge is 0.163 e. The van der Waals surface area contributed by atoms with Gasteiger partial charge in [-0.1, -0.05) is 42.5 Å². The van der Waals surface area contributed by atoms with Crippen molar-refractivity contribution in [2.75, 3.05) is 5.32 Å². The second kappa shape index (κ2) is 6.44. The fourth-order valence-electron chi connectivity index (χ4n) is 3.17. The van der Waals surface area contributed by atoms with Gasteiger partial charge in [0.05, 0.1) is 11.7 Å². The van der Waals surface area contributed by atoms with Crippen LogP contribution in [0.4, 0.5) is 10.1 Å². The van der Waals surface area contributed by atoms with E-state index in [-0.39, 0.29) is 11.5 Å². The Balaban J connectivity index is 1.89. The van der Waals surface area contributed by atoms with Crippen molar-refractivity contribution >= 4 is 16.6 Å². The van der Waals surface area contributed by atoms with E-state index in [0.717, 1.165) is 16.5 Å². The zero-order valence-electron chi connectivity index (χ0n) is 13.8. The van der Waals surface area contributed by atoms with E-state index in [9.17, 15) is 14.6 Å². The minimum Gasteiger partial charge on any atom is -0.504 e. The maximum atomic E-state index is 14.2. The summed E-state index contributed by atoms with van der Waals surface area (Å²) >= 11 is 0. The molecule has 0 aliphatic heterocycles. The number of para-hydroxylation sites is 3. The van der Waals surface area contributed by atoms with Gasteiger partial charge in [0.2, 0.25) is 0 Å². The molecule has 26 heavy (non-hydrogen) atoms. The van der Waals surface area contributed by atoms with E-state index in [1.807, 2.05) is 30.5 Å². The van der Waals surface area contributed by atoms with Gasteiger partial charge < -0.3 is 20.5 Å². The summed E-state index contributed by atoms with van der Waals surface area (Å²) in [5.41, 5.74) is 2.54. The molecule has 1 unspecified atom stereocenters. The van der Waals surface area contributed by atoms with Crippen LogP contribution in [0.5, 0.6) is 11.5 Å². The van der Waals surface area contributed by atoms with Crippen molar-refractivity contribution in [2.45, 2.75) is 6.04 Å². The molecule has 4 N–H and O–H groups in total. The number of H-pyrrole nitrogens is 1. The molecule has 0 spiro atoms. The van der Waals surface area contributed by atoms with Gasteiger partial charge in [0.25, 0.3) is 0 Å². The molecule has 0 saturated carbocycles. The molecule has 0 bridgehead atoms. The quantitative estimate of drug-likeness (QED) is 0.396. The number of benzene rings is 3. The predicted octanol–water partition coefficient (Wildman–Crippen LogP) is 4.92. The number of aromatic nitrogens is 1. The molecule has 4 aromatic rings. The summed E-state index contributed by atoms with van der Waals surface area (Å²) < 4.78 is 14.2. The second-order valence-corrected chi connectivity index (χ2v) is 6.06. The van der Waals surface area contributed by atoms with E-state index >= 15 is 0 Å². The Morgan fingerprint density at radius 1 is 0.846 bits per heavy atom. The number of hydrogen-bond acceptors (Lipinski definition) is 3. The minimum absolute atomic E-state index is 0.220. The predicted molar refractivity (Wildman–Crippen MR) is 99.9 cm³/mol. The molecule has 1 aromatic heterocycles. The van der Waals surface area contributed by atoms with Crippen LogP contribution in [0.3, 0.4) is 0 Å². The summed E-state index contributed by atoms with van der Waals surface area (Å²) in [7, 11) is 0. The maximum absolute atomic E-state index is 14.2. The lowest BCUT2D eigenvalue weighted by Crippen LogP contribution is -2.13. The highest BCUT2D eigenvalue weighted by Gasteiger charge is 2.23. The molecular weight excluding hydrogens is 331 g/mol. The summed E-state index contributed by atoms with van der Waals surface area (Å²) in [6.45, 7) is 0. The summed E-state index contributed by atoms with van der Waals surface area (Å²) in [5.74, 6) is -0.841. The van der Waals surface area contributed by atoms with Gasteiger partial charge in [-0.2, -0.15) is 0 Å². The van der Waals surface area contributed by atoms with Crippen molar-refractivity contribution in [2.24, 2.45) is 0 Å². The minimum atomic E-state index is -0.560. The van der Waals surface area contributed by atoms with Crippen LogP contribution in [0.1, 0.15) is 17.2 Å². The average Bonchev–Trinajstić information content (AvgIpc) is 3.08. The average molecular weight is 348 g/mol. The normalized spacial score (nSPS) is 12.2. The number of aromatic amines is 1. The van der Waals surface area contributed by atoms with Gasteiger partial charge in [-0.3, -0.25) is 0 Å². The Labute approximate surface area is 149 Å². The van der Waals surface area contributed by atoms with E-state index < -0.39 is 11.9 Å². The highest BCUT2D eigenvalue weighted by molar-refractivity contribution is 5.84. The van der Waals surface area contributed by atoms with E-state index in [4.69, 9.17) is 0 Å². The van der Waals surface area contributed by atoms with Crippen LogP contribution in [-0.4, -0.2) is 15.2 Å². The highest BCUT2D eigenvalue weighted by atomic mass is 19.1. The summed E-state index contributed by atoms with van der Waals surface area (Å²) in [6, 6.07) is 18.3. The zero-order valence-corrected chi connectivity index (χ0v) is 13.8. The van der Waals surface area contributed by atoms with E-state index in [1.54, 1.807) is 30.3 Å². The molecule has 1 heterocycles. The Morgan fingerprint density at radius 3 is 2.46 bits per heavy atom. The Kier molecular flexibility index (Phi) is 3.97. The van der Waals surface area contributed by atoms with Crippen molar-refractivity contribution in [1.82, 2.24) is 4.98 Å². The molecule has 3 aromatic carbocycles. The Morgan fingerprint density at radius 2 is 1.62 bits per heavy atom. The van der Waals surface area contributed by atoms with Gasteiger partial charge >= 0.3 is 0 Å². The third kappa shape index (κ3) is 2.73. The number of phenolic OH excluding ortho intramolecular Hbond substituents is 2. The molecule has 0 radical (unpaired) electrons. The fourth-order valence-corrected chi connectivity index (χ4v) is 3.17. The summed E-state index contributed by atoms with van der Waals surface area (Å²) in [4.78, 5) is 3.19. The molecule has 4 rings (SSSR count). The number of phenols is 2. The first-order valence-corrected chi connectivity index (χ1v) is 8.23. The second-order valence-electron chi connectivity index (χ2n) is 6.06. The zero-order chi connectivity index (χ0) is 18.1. The Hall–Kier alpha value is -3.47. The van der Waals surface area contributed by atoms with Gasteiger partial charge in [-0.25, -0.2) is 4.39 Å². The molecule has 0 amide bonds. The maximum Gasteiger partial charge on any atom is 0.163 e. The molecule has 130 valence electrons. The van der Waals surface area contributed by atoms with Gasteiger partial charge in [-0.05, 0) is 24.3 Å². The first-order chi connectivity index (χ1) is 12.6. The number of nitrogens with one attached hydrogen (secondary N) is 2. The third-order valence-electron chi connectivity index (χ3n) is 4.46. The largest absolute Gasteiger partial charge is 0.504 e. The molecule has 0 aliphatic carbocycles. The first kappa shape index (κ1) is 16.0. The van der Waals surface area contributed by atoms with Crippen LogP contribution in [0.15, 0.2) is 72.9 Å². The van der Waals surface area contributed by atoms with Crippen molar-refractivity contribution < 1.29 is 14.6 Å². The Bertz CT molecular complexity index is 1070. The molecule has 0 aliphatic rings. The molecular formula is C21H17FN2O2. The van der Waals surface area contributed by atoms with Crippen molar-refractivity contribution in [3.05, 3.63) is 89.9 Å². The van der Waals surface area contributed by atoms with Crippen LogP contribution in [0, 0.1) is 5.82 Å². The topological polar surface area (TPSA) is 68.3 Å². The summed E-state index contributed by atoms with van der Waals surface area (Å²) in [5, 5.41) is 24.4. The molecule has 0 fully saturated rings. The lowest BCUT2D eigenvalue weighted by molar-refractivity contribution is 0.398. The van der Waals surface area contributed by atoms with Gasteiger partial charge in [-0.15, -0.1) is 0 Å². The molecule has 0 saturated heterocycles. The number of aromatic hydroxyl groups is 2. The number of anilines is 1. The number of hydrogen-bond donors (Lipinski definition) is 4. The van der Waals surface area contributed by atoms with Crippen molar-refractivity contribution in [3.8, 4) is 11.5 Å². The van der Waals surface area contributed by atoms with Gasteiger partial charge in [0.1, 0.15) is 5.82 Å². The van der Waals surface area contributed by atoms with Crippen LogP contribution in [0.25, 0.3) is 10.9 Å². The van der Waals surface area contributed by atoms with E-state index in [2.05, 4.69) is 10.3 Å². The monoisotopic (exact) mass is 348 g/mol. The van der Waals surface area contributed by atoms with Crippen LogP contribution < -0.4 is 5.32 Å². The van der Waals surface area contributed by atoms with Crippen molar-refractivity contribution in [1.29, 1.82) is 0 Å². The van der Waals surface area contributed by atoms with Crippen molar-refractivity contribution in [3.63, 3.8) is 0 Å². The van der Waals surface area contributed by atoms with Crippen LogP contribution in [-0.2, 0) is 0 Å². The SMILES string of the molecule is Oc1cccc(C(Nc2ccccc2F)c2c[nH]c3ccccc23)c1O.